The van der Waals surface area contributed by atoms with E-state index in [-0.39, 0.29) is 5.69 Å². The molecule has 1 rings (SSSR count). The minimum absolute atomic E-state index is 0.101. The molecule has 1 heterocycles. The van der Waals surface area contributed by atoms with E-state index < -0.39 is 29.2 Å². The number of halogens is 3. The molecule has 1 aromatic heterocycles. The van der Waals surface area contributed by atoms with Crippen LogP contribution in [0.2, 0.25) is 0 Å². The molecule has 1 atom stereocenters. The summed E-state index contributed by atoms with van der Waals surface area (Å²) in [5.41, 5.74) is -1.74. The number of nitrogens with zero attached hydrogens (tertiary/aromatic N) is 1. The van der Waals surface area contributed by atoms with E-state index in [0.29, 0.717) is 12.6 Å². The average molecular weight is 290 g/mol. The van der Waals surface area contributed by atoms with Gasteiger partial charge in [-0.25, -0.2) is 0 Å². The highest BCUT2D eigenvalue weighted by molar-refractivity contribution is 5.79. The van der Waals surface area contributed by atoms with Crippen LogP contribution >= 0.6 is 0 Å². The second-order valence-electron chi connectivity index (χ2n) is 4.56. The highest BCUT2D eigenvalue weighted by Gasteiger charge is 2.32. The summed E-state index contributed by atoms with van der Waals surface area (Å²) in [5, 5.41) is 2.61. The lowest BCUT2D eigenvalue weighted by Crippen LogP contribution is -2.37. The molecule has 0 aromatic carbocycles. The van der Waals surface area contributed by atoms with Crippen LogP contribution in [0.1, 0.15) is 37.6 Å². The van der Waals surface area contributed by atoms with Crippen LogP contribution in [-0.2, 0) is 11.0 Å². The van der Waals surface area contributed by atoms with Gasteiger partial charge >= 0.3 is 6.18 Å². The standard InChI is InChI=1S/C13H17F3N2O2/c1-4-5-17-12(20)9(3)18-8(2)6-10(7-11(18)19)13(14,15)16/h6-7,9H,4-5H2,1-3H3,(H,17,20). The monoisotopic (exact) mass is 290 g/mol. The minimum atomic E-state index is -4.57. The van der Waals surface area contributed by atoms with Crippen LogP contribution in [-0.4, -0.2) is 17.0 Å². The third-order valence-electron chi connectivity index (χ3n) is 2.90. The van der Waals surface area contributed by atoms with E-state index in [1.807, 2.05) is 6.92 Å². The van der Waals surface area contributed by atoms with E-state index in [1.165, 1.54) is 13.8 Å². The van der Waals surface area contributed by atoms with Crippen molar-refractivity contribution in [2.45, 2.75) is 39.4 Å². The number of nitrogens with one attached hydrogen (secondary N) is 1. The van der Waals surface area contributed by atoms with Gasteiger partial charge < -0.3 is 9.88 Å². The molecule has 0 fully saturated rings. The molecule has 0 aliphatic rings. The highest BCUT2D eigenvalue weighted by Crippen LogP contribution is 2.28. The maximum Gasteiger partial charge on any atom is 0.416 e. The van der Waals surface area contributed by atoms with Gasteiger partial charge in [0, 0.05) is 18.3 Å². The fraction of sp³-hybridized carbons (Fsp3) is 0.538. The SMILES string of the molecule is CCCNC(=O)C(C)n1c(C)cc(C(F)(F)F)cc1=O. The highest BCUT2D eigenvalue weighted by atomic mass is 19.4. The third-order valence-corrected chi connectivity index (χ3v) is 2.90. The number of carbonyl (C=O) groups is 1. The molecular weight excluding hydrogens is 273 g/mol. The van der Waals surface area contributed by atoms with Gasteiger partial charge in [-0.2, -0.15) is 13.2 Å². The maximum atomic E-state index is 12.6. The molecular formula is C13H17F3N2O2. The predicted molar refractivity (Wildman–Crippen MR) is 68.5 cm³/mol. The van der Waals surface area contributed by atoms with Gasteiger partial charge in [0.25, 0.3) is 5.56 Å². The van der Waals surface area contributed by atoms with E-state index in [1.54, 1.807) is 0 Å². The lowest BCUT2D eigenvalue weighted by atomic mass is 10.2. The first-order chi connectivity index (χ1) is 9.18. The fourth-order valence-corrected chi connectivity index (χ4v) is 1.89. The summed E-state index contributed by atoms with van der Waals surface area (Å²) >= 11 is 0. The Morgan fingerprint density at radius 1 is 1.40 bits per heavy atom. The lowest BCUT2D eigenvalue weighted by molar-refractivity contribution is -0.137. The van der Waals surface area contributed by atoms with Crippen LogP contribution < -0.4 is 10.9 Å². The molecule has 112 valence electrons. The zero-order valence-electron chi connectivity index (χ0n) is 11.5. The van der Waals surface area contributed by atoms with Gasteiger partial charge in [0.05, 0.1) is 5.56 Å². The summed E-state index contributed by atoms with van der Waals surface area (Å²) in [4.78, 5) is 23.6. The van der Waals surface area contributed by atoms with Gasteiger partial charge in [0.15, 0.2) is 0 Å². The first-order valence-corrected chi connectivity index (χ1v) is 6.26. The van der Waals surface area contributed by atoms with Crippen molar-refractivity contribution in [3.8, 4) is 0 Å². The van der Waals surface area contributed by atoms with E-state index in [0.717, 1.165) is 17.1 Å². The molecule has 4 nitrogen and oxygen atoms in total. The molecule has 0 bridgehead atoms. The Morgan fingerprint density at radius 3 is 2.45 bits per heavy atom. The van der Waals surface area contributed by atoms with Crippen molar-refractivity contribution in [1.29, 1.82) is 0 Å². The smallest absolute Gasteiger partial charge is 0.354 e. The molecule has 1 aromatic rings. The summed E-state index contributed by atoms with van der Waals surface area (Å²) in [6, 6.07) is 0.526. The first-order valence-electron chi connectivity index (χ1n) is 6.26. The summed E-state index contributed by atoms with van der Waals surface area (Å²) in [6.45, 7) is 5.19. The Labute approximate surface area is 114 Å². The molecule has 1 amide bonds. The second-order valence-corrected chi connectivity index (χ2v) is 4.56. The Kier molecular flexibility index (Phi) is 4.97. The summed E-state index contributed by atoms with van der Waals surface area (Å²) in [5.74, 6) is -0.392. The van der Waals surface area contributed by atoms with Crippen molar-refractivity contribution in [2.24, 2.45) is 0 Å². The van der Waals surface area contributed by atoms with Crippen molar-refractivity contribution >= 4 is 5.91 Å². The number of carbonyl (C=O) groups excluding carboxylic acids is 1. The molecule has 7 heteroatoms. The van der Waals surface area contributed by atoms with E-state index >= 15 is 0 Å². The number of amides is 1. The van der Waals surface area contributed by atoms with E-state index in [2.05, 4.69) is 5.32 Å². The molecule has 0 radical (unpaired) electrons. The predicted octanol–water partition coefficient (Wildman–Crippen LogP) is 2.26. The van der Waals surface area contributed by atoms with Gasteiger partial charge in [0.1, 0.15) is 6.04 Å². The number of hydrogen-bond acceptors (Lipinski definition) is 2. The fourth-order valence-electron chi connectivity index (χ4n) is 1.89. The van der Waals surface area contributed by atoms with Crippen LogP contribution in [0.5, 0.6) is 0 Å². The first kappa shape index (κ1) is 16.3. The number of hydrogen-bond donors (Lipinski definition) is 1. The molecule has 0 spiro atoms. The summed E-state index contributed by atoms with van der Waals surface area (Å²) in [6.07, 6.45) is -3.84. The van der Waals surface area contributed by atoms with Gasteiger partial charge in [-0.1, -0.05) is 6.92 Å². The van der Waals surface area contributed by atoms with Crippen molar-refractivity contribution in [3.05, 3.63) is 33.7 Å². The van der Waals surface area contributed by atoms with Crippen molar-refractivity contribution in [3.63, 3.8) is 0 Å². The van der Waals surface area contributed by atoms with Crippen molar-refractivity contribution in [2.75, 3.05) is 6.54 Å². The maximum absolute atomic E-state index is 12.6. The molecule has 0 saturated carbocycles. The van der Waals surface area contributed by atoms with Gasteiger partial charge in [-0.15, -0.1) is 0 Å². The Hall–Kier alpha value is -1.79. The van der Waals surface area contributed by atoms with Gasteiger partial charge in [0.2, 0.25) is 5.91 Å². The third kappa shape index (κ3) is 3.61. The molecule has 0 aliphatic heterocycles. The van der Waals surface area contributed by atoms with Crippen molar-refractivity contribution < 1.29 is 18.0 Å². The van der Waals surface area contributed by atoms with E-state index in [4.69, 9.17) is 0 Å². The van der Waals surface area contributed by atoms with Gasteiger partial charge in [-0.3, -0.25) is 9.59 Å². The van der Waals surface area contributed by atoms with Crippen LogP contribution in [0.4, 0.5) is 13.2 Å². The number of pyridine rings is 1. The number of rotatable bonds is 4. The van der Waals surface area contributed by atoms with Crippen molar-refractivity contribution in [1.82, 2.24) is 9.88 Å². The molecule has 20 heavy (non-hydrogen) atoms. The average Bonchev–Trinajstić information content (AvgIpc) is 2.33. The molecule has 1 unspecified atom stereocenters. The van der Waals surface area contributed by atoms with E-state index in [9.17, 15) is 22.8 Å². The van der Waals surface area contributed by atoms with Crippen LogP contribution in [0.25, 0.3) is 0 Å². The summed E-state index contributed by atoms with van der Waals surface area (Å²) < 4.78 is 38.8. The Bertz CT molecular complexity index is 550. The number of aromatic nitrogens is 1. The zero-order valence-corrected chi connectivity index (χ0v) is 11.5. The summed E-state index contributed by atoms with van der Waals surface area (Å²) in [7, 11) is 0. The van der Waals surface area contributed by atoms with Crippen LogP contribution in [0.3, 0.4) is 0 Å². The minimum Gasteiger partial charge on any atom is -0.354 e. The normalized spacial score (nSPS) is 13.1. The number of aryl methyl sites for hydroxylation is 1. The van der Waals surface area contributed by atoms with Gasteiger partial charge in [-0.05, 0) is 26.3 Å². The van der Waals surface area contributed by atoms with Crippen LogP contribution in [0.15, 0.2) is 16.9 Å². The molecule has 1 N–H and O–H groups in total. The largest absolute Gasteiger partial charge is 0.416 e. The number of alkyl halides is 3. The second kappa shape index (κ2) is 6.11. The zero-order chi connectivity index (χ0) is 15.5. The lowest BCUT2D eigenvalue weighted by Gasteiger charge is -2.19. The Balaban J connectivity index is 3.14. The molecule has 0 aliphatic carbocycles. The van der Waals surface area contributed by atoms with Crippen LogP contribution in [0, 0.1) is 6.92 Å². The quantitative estimate of drug-likeness (QED) is 0.924. The topological polar surface area (TPSA) is 51.1 Å². The molecule has 0 saturated heterocycles. The Morgan fingerprint density at radius 2 is 2.00 bits per heavy atom.